The lowest BCUT2D eigenvalue weighted by molar-refractivity contribution is -0.120. The second-order valence-corrected chi connectivity index (χ2v) is 8.80. The Morgan fingerprint density at radius 2 is 1.91 bits per heavy atom. The first-order chi connectivity index (χ1) is 16.5. The van der Waals surface area contributed by atoms with E-state index in [-0.39, 0.29) is 60.1 Å². The van der Waals surface area contributed by atoms with Gasteiger partial charge in [0, 0.05) is 29.9 Å². The molecule has 176 valence electrons. The third-order valence-electron chi connectivity index (χ3n) is 6.87. The molecule has 9 heteroatoms. The topological polar surface area (TPSA) is 125 Å². The molecule has 0 spiro atoms. The maximum atomic E-state index is 13.5. The summed E-state index contributed by atoms with van der Waals surface area (Å²) in [5.74, 6) is -1.68. The summed E-state index contributed by atoms with van der Waals surface area (Å²) in [6, 6.07) is 11.4. The van der Waals surface area contributed by atoms with Crippen molar-refractivity contribution in [1.82, 2.24) is 10.2 Å². The zero-order valence-electron chi connectivity index (χ0n) is 18.5. The van der Waals surface area contributed by atoms with Gasteiger partial charge in [-0.2, -0.15) is 0 Å². The largest absolute Gasteiger partial charge is 0.460 e. The van der Waals surface area contributed by atoms with Gasteiger partial charge in [-0.25, -0.2) is 4.79 Å². The second kappa shape index (κ2) is 8.90. The Balaban J connectivity index is 1.32. The lowest BCUT2D eigenvalue weighted by Gasteiger charge is -2.25. The van der Waals surface area contributed by atoms with Crippen molar-refractivity contribution in [2.24, 2.45) is 5.92 Å². The normalized spacial score (nSPS) is 22.3. The Hall–Kier alpha value is -3.72. The first-order valence-corrected chi connectivity index (χ1v) is 11.4. The number of nitrogens with one attached hydrogen (secondary N) is 2. The van der Waals surface area contributed by atoms with Gasteiger partial charge in [0.15, 0.2) is 0 Å². The van der Waals surface area contributed by atoms with Gasteiger partial charge in [-0.1, -0.05) is 18.2 Å². The fourth-order valence-electron chi connectivity index (χ4n) is 5.32. The van der Waals surface area contributed by atoms with Crippen molar-refractivity contribution in [3.05, 3.63) is 64.7 Å². The zero-order valence-corrected chi connectivity index (χ0v) is 18.5. The molecule has 2 saturated heterocycles. The minimum atomic E-state index is -0.667. The van der Waals surface area contributed by atoms with Crippen LogP contribution in [0.2, 0.25) is 0 Å². The van der Waals surface area contributed by atoms with Crippen molar-refractivity contribution in [1.29, 1.82) is 0 Å². The Labute approximate surface area is 196 Å². The van der Waals surface area contributed by atoms with Crippen molar-refractivity contribution >= 4 is 29.4 Å². The minimum Gasteiger partial charge on any atom is -0.460 e. The third kappa shape index (κ3) is 3.81. The van der Waals surface area contributed by atoms with Gasteiger partial charge in [-0.15, -0.1) is 0 Å². The number of anilines is 1. The van der Waals surface area contributed by atoms with Crippen molar-refractivity contribution < 1.29 is 29.0 Å². The number of carbonyl (C=O) groups is 4. The van der Waals surface area contributed by atoms with Crippen molar-refractivity contribution in [2.45, 2.75) is 37.9 Å². The van der Waals surface area contributed by atoms with E-state index >= 15 is 0 Å². The van der Waals surface area contributed by atoms with Gasteiger partial charge >= 0.3 is 5.97 Å². The van der Waals surface area contributed by atoms with Crippen LogP contribution in [0.4, 0.5) is 5.69 Å². The van der Waals surface area contributed by atoms with E-state index < -0.39 is 5.97 Å². The van der Waals surface area contributed by atoms with Crippen LogP contribution in [0, 0.1) is 5.92 Å². The molecule has 3 N–H and O–H groups in total. The van der Waals surface area contributed by atoms with Crippen LogP contribution in [0.5, 0.6) is 0 Å². The molecule has 3 atom stereocenters. The number of nitrogens with zero attached hydrogens (tertiary/aromatic N) is 1. The first kappa shape index (κ1) is 22.1. The quantitative estimate of drug-likeness (QED) is 0.560. The van der Waals surface area contributed by atoms with Gasteiger partial charge in [0.1, 0.15) is 6.61 Å². The molecular formula is C25H25N3O6. The summed E-state index contributed by atoms with van der Waals surface area (Å²) >= 11 is 0. The van der Waals surface area contributed by atoms with Crippen LogP contribution in [0.25, 0.3) is 0 Å². The SMILES string of the molecule is O=C1NCc2ccc(NC(=O)C3CC4CCC3N4C(=O)c3ccccc3C(=O)OCCO)cc21. The fourth-order valence-corrected chi connectivity index (χ4v) is 5.32. The van der Waals surface area contributed by atoms with E-state index in [4.69, 9.17) is 9.84 Å². The number of rotatable bonds is 6. The standard InChI is InChI=1S/C25H25N3O6/c29-9-10-34-25(33)18-4-2-1-3-17(18)24(32)28-16-7-8-21(28)20(12-16)23(31)27-15-6-5-14-13-26-22(30)19(14)11-15/h1-6,11,16,20-21,29H,7-10,12-13H2,(H,26,30)(H,27,31). The highest BCUT2D eigenvalue weighted by molar-refractivity contribution is 6.06. The average molecular weight is 463 g/mol. The molecule has 2 bridgehead atoms. The Kier molecular flexibility index (Phi) is 5.79. The summed E-state index contributed by atoms with van der Waals surface area (Å²) in [7, 11) is 0. The number of ether oxygens (including phenoxy) is 1. The van der Waals surface area contributed by atoms with E-state index in [1.165, 1.54) is 6.07 Å². The number of esters is 1. The third-order valence-corrected chi connectivity index (χ3v) is 6.87. The van der Waals surface area contributed by atoms with E-state index in [9.17, 15) is 19.2 Å². The van der Waals surface area contributed by atoms with Gasteiger partial charge in [-0.05, 0) is 49.1 Å². The Bertz CT molecular complexity index is 1180. The summed E-state index contributed by atoms with van der Waals surface area (Å²) in [6.07, 6.45) is 2.05. The molecule has 2 fully saturated rings. The average Bonchev–Trinajstić information content (AvgIpc) is 3.55. The maximum Gasteiger partial charge on any atom is 0.339 e. The molecule has 2 aromatic rings. The molecule has 0 radical (unpaired) electrons. The second-order valence-electron chi connectivity index (χ2n) is 8.80. The number of amides is 3. The summed E-state index contributed by atoms with van der Waals surface area (Å²) in [6.45, 7) is 0.0353. The predicted molar refractivity (Wildman–Crippen MR) is 121 cm³/mol. The zero-order chi connectivity index (χ0) is 23.8. The van der Waals surface area contributed by atoms with E-state index in [1.807, 2.05) is 6.07 Å². The number of aliphatic hydroxyl groups is 1. The monoisotopic (exact) mass is 463 g/mol. The first-order valence-electron chi connectivity index (χ1n) is 11.4. The highest BCUT2D eigenvalue weighted by Crippen LogP contribution is 2.43. The number of carbonyl (C=O) groups excluding carboxylic acids is 4. The van der Waals surface area contributed by atoms with Crippen LogP contribution >= 0.6 is 0 Å². The van der Waals surface area contributed by atoms with Gasteiger partial charge < -0.3 is 25.4 Å². The molecule has 0 aliphatic carbocycles. The number of benzene rings is 2. The highest BCUT2D eigenvalue weighted by Gasteiger charge is 2.51. The summed E-state index contributed by atoms with van der Waals surface area (Å²) in [5.41, 5.74) is 2.39. The van der Waals surface area contributed by atoms with Crippen LogP contribution in [0.1, 0.15) is 55.9 Å². The molecule has 3 aliphatic heterocycles. The molecule has 0 saturated carbocycles. The number of hydrogen-bond donors (Lipinski definition) is 3. The minimum absolute atomic E-state index is 0.0828. The lowest BCUT2D eigenvalue weighted by atomic mass is 9.88. The van der Waals surface area contributed by atoms with Crippen molar-refractivity contribution in [3.8, 4) is 0 Å². The van der Waals surface area contributed by atoms with Gasteiger partial charge in [0.2, 0.25) is 5.91 Å². The maximum absolute atomic E-state index is 13.5. The van der Waals surface area contributed by atoms with E-state index in [0.717, 1.165) is 12.0 Å². The van der Waals surface area contributed by atoms with Crippen LogP contribution < -0.4 is 10.6 Å². The molecule has 9 nitrogen and oxygen atoms in total. The summed E-state index contributed by atoms with van der Waals surface area (Å²) in [5, 5.41) is 14.6. The van der Waals surface area contributed by atoms with Crippen LogP contribution in [-0.2, 0) is 16.1 Å². The van der Waals surface area contributed by atoms with Crippen molar-refractivity contribution in [3.63, 3.8) is 0 Å². The van der Waals surface area contributed by atoms with Gasteiger partial charge in [-0.3, -0.25) is 14.4 Å². The summed E-state index contributed by atoms with van der Waals surface area (Å²) < 4.78 is 5.01. The van der Waals surface area contributed by atoms with Crippen LogP contribution in [-0.4, -0.2) is 59.0 Å². The molecule has 0 aromatic heterocycles. The lowest BCUT2D eigenvalue weighted by Crippen LogP contribution is -2.39. The molecule has 2 aromatic carbocycles. The molecule has 34 heavy (non-hydrogen) atoms. The molecule has 5 rings (SSSR count). The molecule has 3 aliphatic rings. The Morgan fingerprint density at radius 3 is 2.71 bits per heavy atom. The molecule has 3 unspecified atom stereocenters. The van der Waals surface area contributed by atoms with E-state index in [1.54, 1.807) is 35.2 Å². The van der Waals surface area contributed by atoms with Crippen LogP contribution in [0.15, 0.2) is 42.5 Å². The Morgan fingerprint density at radius 1 is 1.12 bits per heavy atom. The predicted octanol–water partition coefficient (Wildman–Crippen LogP) is 1.71. The van der Waals surface area contributed by atoms with E-state index in [2.05, 4.69) is 10.6 Å². The van der Waals surface area contributed by atoms with E-state index in [0.29, 0.717) is 30.6 Å². The number of fused-ring (bicyclic) bond motifs is 3. The molecular weight excluding hydrogens is 438 g/mol. The summed E-state index contributed by atoms with van der Waals surface area (Å²) in [4.78, 5) is 52.7. The number of aliphatic hydroxyl groups excluding tert-OH is 1. The molecule has 3 heterocycles. The fraction of sp³-hybridized carbons (Fsp3) is 0.360. The number of hydrogen-bond acceptors (Lipinski definition) is 6. The molecule has 3 amide bonds. The van der Waals surface area contributed by atoms with Crippen LogP contribution in [0.3, 0.4) is 0 Å². The smallest absolute Gasteiger partial charge is 0.339 e. The van der Waals surface area contributed by atoms with Gasteiger partial charge in [0.05, 0.1) is 23.7 Å². The van der Waals surface area contributed by atoms with Gasteiger partial charge in [0.25, 0.3) is 11.8 Å². The van der Waals surface area contributed by atoms with Crippen molar-refractivity contribution in [2.75, 3.05) is 18.5 Å². The highest BCUT2D eigenvalue weighted by atomic mass is 16.5.